The number of pyridine rings is 1. The highest BCUT2D eigenvalue weighted by atomic mass is 28.4. The summed E-state index contributed by atoms with van der Waals surface area (Å²) in [5.41, 5.74) is 3.32. The quantitative estimate of drug-likeness (QED) is 0.164. The minimum absolute atomic E-state index is 0.0839. The molecule has 0 saturated heterocycles. The number of methoxy groups -OCH3 is 1. The number of hydrogen-bond acceptors (Lipinski definition) is 5. The lowest BCUT2D eigenvalue weighted by atomic mass is 9.52. The lowest BCUT2D eigenvalue weighted by Crippen LogP contribution is -2.63. The molecule has 0 aliphatic heterocycles. The van der Waals surface area contributed by atoms with E-state index in [1.807, 2.05) is 12.3 Å². The summed E-state index contributed by atoms with van der Waals surface area (Å²) in [5, 5.41) is 5.52. The second-order valence-corrected chi connectivity index (χ2v) is 26.0. The highest BCUT2D eigenvalue weighted by molar-refractivity contribution is 6.76. The Morgan fingerprint density at radius 3 is 2.42 bits per heavy atom. The lowest BCUT2D eigenvalue weighted by molar-refractivity contribution is -0.120. The smallest absolute Gasteiger partial charge is 0.192 e. The molecule has 2 heterocycles. The molecule has 4 fully saturated rings. The fourth-order valence-corrected chi connectivity index (χ4v) is 9.79. The van der Waals surface area contributed by atoms with E-state index in [0.717, 1.165) is 29.1 Å². The van der Waals surface area contributed by atoms with Gasteiger partial charge in [0.2, 0.25) is 0 Å². The third kappa shape index (κ3) is 6.10. The Morgan fingerprint density at radius 2 is 1.80 bits per heavy atom. The summed E-state index contributed by atoms with van der Waals surface area (Å²) in [6.45, 7) is 20.5. The molecule has 40 heavy (non-hydrogen) atoms. The fraction of sp³-hybridized carbons (Fsp3) is 0.719. The van der Waals surface area contributed by atoms with Gasteiger partial charge in [0, 0.05) is 44.1 Å². The van der Waals surface area contributed by atoms with Gasteiger partial charge < -0.3 is 23.8 Å². The van der Waals surface area contributed by atoms with E-state index in [-0.39, 0.29) is 10.6 Å². The Morgan fingerprint density at radius 1 is 1.10 bits per heavy atom. The molecule has 4 aliphatic carbocycles. The molecule has 0 radical (unpaired) electrons. The monoisotopic (exact) mass is 583 g/mol. The van der Waals surface area contributed by atoms with Crippen LogP contribution in [0.15, 0.2) is 24.7 Å². The van der Waals surface area contributed by atoms with Crippen molar-refractivity contribution < 1.29 is 13.9 Å². The molecule has 1 N–H and O–H groups in total. The number of fused-ring (bicyclic) bond motifs is 1. The molecule has 0 aromatic carbocycles. The van der Waals surface area contributed by atoms with Crippen LogP contribution in [0.4, 0.5) is 5.69 Å². The first-order valence-corrected chi connectivity index (χ1v) is 22.0. The average Bonchev–Trinajstić information content (AvgIpc) is 3.24. The van der Waals surface area contributed by atoms with Gasteiger partial charge in [-0.05, 0) is 86.2 Å². The van der Waals surface area contributed by atoms with Crippen LogP contribution in [0.2, 0.25) is 43.8 Å². The molecule has 8 heteroatoms. The van der Waals surface area contributed by atoms with Gasteiger partial charge in [0.25, 0.3) is 0 Å². The SMILES string of the molecule is CO/C=C/c1cnc2c(ccn2COCC[Si](C)(C)C)c1NC1[C@@H]2CC3C[C@H]1CC(O[Si](C)(C)C(C)(C)C)(C3)C2. The van der Waals surface area contributed by atoms with E-state index in [1.54, 1.807) is 13.4 Å². The highest BCUT2D eigenvalue weighted by Gasteiger charge is 2.58. The Kier molecular flexibility index (Phi) is 8.14. The van der Waals surface area contributed by atoms with Crippen LogP contribution in [-0.2, 0) is 20.6 Å². The number of hydrogen-bond donors (Lipinski definition) is 1. The molecule has 5 atom stereocenters. The van der Waals surface area contributed by atoms with Gasteiger partial charge in [-0.25, -0.2) is 4.98 Å². The maximum atomic E-state index is 7.28. The molecule has 222 valence electrons. The van der Waals surface area contributed by atoms with Crippen LogP contribution in [0.25, 0.3) is 17.1 Å². The van der Waals surface area contributed by atoms with E-state index >= 15 is 0 Å². The van der Waals surface area contributed by atoms with Crippen LogP contribution < -0.4 is 5.32 Å². The normalized spacial score (nSPS) is 28.6. The van der Waals surface area contributed by atoms with Crippen molar-refractivity contribution in [2.24, 2.45) is 17.8 Å². The Labute approximate surface area is 244 Å². The topological polar surface area (TPSA) is 57.5 Å². The van der Waals surface area contributed by atoms with Gasteiger partial charge in [-0.1, -0.05) is 40.4 Å². The van der Waals surface area contributed by atoms with E-state index in [2.05, 4.69) is 75.7 Å². The third-order valence-electron chi connectivity index (χ3n) is 10.2. The van der Waals surface area contributed by atoms with E-state index in [9.17, 15) is 0 Å². The summed E-state index contributed by atoms with van der Waals surface area (Å²) in [6.07, 6.45) is 14.2. The van der Waals surface area contributed by atoms with Crippen molar-refractivity contribution in [3.05, 3.63) is 30.3 Å². The molecular weight excluding hydrogens is 531 g/mol. The first-order chi connectivity index (χ1) is 18.7. The van der Waals surface area contributed by atoms with Gasteiger partial charge in [0.05, 0.1) is 24.7 Å². The Hall–Kier alpha value is -1.62. The standard InChI is InChI=1S/C32H53N3O3Si2/c1-31(2,3)40(8,9)38-32-18-23-16-25(19-32)28(26(17-23)20-32)34-29-24(11-13-36-4)21-33-30-27(29)10-12-35(30)22-37-14-15-39(5,6)7/h10-13,21,23,25-26,28H,14-20,22H2,1-9H3,(H,33,34)/b13-11+/t23?,25-,26+,28?,32?. The van der Waals surface area contributed by atoms with Crippen LogP contribution in [0.5, 0.6) is 0 Å². The fourth-order valence-electron chi connectivity index (χ4n) is 7.40. The van der Waals surface area contributed by atoms with Crippen molar-refractivity contribution in [2.45, 2.75) is 115 Å². The van der Waals surface area contributed by atoms with Crippen molar-refractivity contribution in [3.8, 4) is 0 Å². The minimum atomic E-state index is -1.83. The van der Waals surface area contributed by atoms with E-state index in [1.165, 1.54) is 43.8 Å². The lowest BCUT2D eigenvalue weighted by Gasteiger charge is -2.62. The molecule has 2 aromatic heterocycles. The molecule has 6 rings (SSSR count). The minimum Gasteiger partial charge on any atom is -0.504 e. The van der Waals surface area contributed by atoms with E-state index < -0.39 is 16.4 Å². The maximum Gasteiger partial charge on any atom is 0.192 e. The average molecular weight is 584 g/mol. The zero-order valence-corrected chi connectivity index (χ0v) is 28.5. The van der Waals surface area contributed by atoms with Crippen molar-refractivity contribution in [1.29, 1.82) is 0 Å². The van der Waals surface area contributed by atoms with Gasteiger partial charge in [0.15, 0.2) is 8.32 Å². The van der Waals surface area contributed by atoms with Crippen molar-refractivity contribution in [3.63, 3.8) is 0 Å². The van der Waals surface area contributed by atoms with Gasteiger partial charge in [-0.15, -0.1) is 0 Å². The number of ether oxygens (including phenoxy) is 2. The van der Waals surface area contributed by atoms with Crippen LogP contribution in [0, 0.1) is 17.8 Å². The first-order valence-electron chi connectivity index (χ1n) is 15.4. The molecule has 6 nitrogen and oxygen atoms in total. The molecule has 4 bridgehead atoms. The summed E-state index contributed by atoms with van der Waals surface area (Å²) < 4.78 is 20.8. The zero-order chi connectivity index (χ0) is 28.9. The molecule has 0 spiro atoms. The van der Waals surface area contributed by atoms with Gasteiger partial charge in [0.1, 0.15) is 12.4 Å². The molecular formula is C32H53N3O3Si2. The summed E-state index contributed by atoms with van der Waals surface area (Å²) >= 11 is 0. The van der Waals surface area contributed by atoms with Crippen molar-refractivity contribution >= 4 is 39.2 Å². The van der Waals surface area contributed by atoms with Gasteiger partial charge >= 0.3 is 0 Å². The zero-order valence-electron chi connectivity index (χ0n) is 26.5. The summed E-state index contributed by atoms with van der Waals surface area (Å²) in [4.78, 5) is 4.87. The van der Waals surface area contributed by atoms with Crippen LogP contribution >= 0.6 is 0 Å². The predicted molar refractivity (Wildman–Crippen MR) is 172 cm³/mol. The molecule has 4 saturated carbocycles. The molecule has 0 amide bonds. The van der Waals surface area contributed by atoms with Crippen molar-refractivity contribution in [1.82, 2.24) is 9.55 Å². The summed E-state index contributed by atoms with van der Waals surface area (Å²) in [5.74, 6) is 2.09. The number of aromatic nitrogens is 2. The van der Waals surface area contributed by atoms with E-state index in [4.69, 9.17) is 18.9 Å². The summed E-state index contributed by atoms with van der Waals surface area (Å²) in [7, 11) is -1.25. The largest absolute Gasteiger partial charge is 0.504 e. The first kappa shape index (κ1) is 29.9. The molecule has 4 aliphatic rings. The second kappa shape index (κ2) is 10.9. The number of nitrogens with one attached hydrogen (secondary N) is 1. The number of rotatable bonds is 11. The van der Waals surface area contributed by atoms with Gasteiger partial charge in [-0.2, -0.15) is 0 Å². The van der Waals surface area contributed by atoms with Crippen LogP contribution in [0.3, 0.4) is 0 Å². The van der Waals surface area contributed by atoms with Gasteiger partial charge in [-0.3, -0.25) is 0 Å². The Bertz CT molecular complexity index is 1210. The molecule has 3 unspecified atom stereocenters. The van der Waals surface area contributed by atoms with Crippen LogP contribution in [-0.4, -0.2) is 51.3 Å². The Balaban J connectivity index is 1.39. The highest BCUT2D eigenvalue weighted by Crippen LogP contribution is 2.59. The number of nitrogens with zero attached hydrogens (tertiary/aromatic N) is 2. The van der Waals surface area contributed by atoms with Crippen molar-refractivity contribution in [2.75, 3.05) is 19.0 Å². The third-order valence-corrected chi connectivity index (χ3v) is 16.5. The molecule has 2 aromatic rings. The van der Waals surface area contributed by atoms with E-state index in [0.29, 0.717) is 24.6 Å². The van der Waals surface area contributed by atoms with Crippen LogP contribution in [0.1, 0.15) is 58.4 Å². The summed E-state index contributed by atoms with van der Waals surface area (Å²) in [6, 6.07) is 3.84. The second-order valence-electron chi connectivity index (χ2n) is 15.7. The number of anilines is 1. The predicted octanol–water partition coefficient (Wildman–Crippen LogP) is 8.35. The maximum absolute atomic E-state index is 7.28.